The Morgan fingerprint density at radius 3 is 2.87 bits per heavy atom. The molecule has 3 atom stereocenters. The van der Waals surface area contributed by atoms with Crippen LogP contribution >= 0.6 is 0 Å². The van der Waals surface area contributed by atoms with Gasteiger partial charge in [0.2, 0.25) is 0 Å². The van der Waals surface area contributed by atoms with Gasteiger partial charge in [0, 0.05) is 6.92 Å². The van der Waals surface area contributed by atoms with Crippen molar-refractivity contribution in [1.82, 2.24) is 0 Å². The van der Waals surface area contributed by atoms with Crippen LogP contribution in [0.4, 0.5) is 0 Å². The van der Waals surface area contributed by atoms with E-state index in [4.69, 9.17) is 4.74 Å². The van der Waals surface area contributed by atoms with Gasteiger partial charge < -0.3 is 4.74 Å². The van der Waals surface area contributed by atoms with Crippen LogP contribution in [0.25, 0.3) is 0 Å². The Balaban J connectivity index is 2.61. The lowest BCUT2D eigenvalue weighted by Gasteiger charge is -2.31. The summed E-state index contributed by atoms with van der Waals surface area (Å²) in [4.78, 5) is 11.0. The predicted molar refractivity (Wildman–Crippen MR) is 61.5 cm³/mol. The summed E-state index contributed by atoms with van der Waals surface area (Å²) in [6.07, 6.45) is 5.59. The Morgan fingerprint density at radius 1 is 1.67 bits per heavy atom. The maximum atomic E-state index is 11.0. The Bertz CT molecular complexity index is 255. The fraction of sp³-hybridized carbons (Fsp3) is 0.769. The molecule has 0 aromatic rings. The molecule has 1 rings (SSSR count). The quantitative estimate of drug-likeness (QED) is 0.527. The van der Waals surface area contributed by atoms with E-state index in [1.165, 1.54) is 18.9 Å². The molecule has 1 aliphatic rings. The molecule has 0 aromatic carbocycles. The highest BCUT2D eigenvalue weighted by Gasteiger charge is 2.26. The van der Waals surface area contributed by atoms with Crippen LogP contribution in [0.1, 0.15) is 47.0 Å². The molecule has 0 heterocycles. The maximum Gasteiger partial charge on any atom is 0.303 e. The van der Waals surface area contributed by atoms with E-state index in [1.807, 2.05) is 0 Å². The van der Waals surface area contributed by atoms with Crippen molar-refractivity contribution < 1.29 is 9.53 Å². The highest BCUT2D eigenvalue weighted by atomic mass is 16.5. The lowest BCUT2D eigenvalue weighted by Crippen LogP contribution is -2.27. The highest BCUT2D eigenvalue weighted by molar-refractivity contribution is 5.66. The van der Waals surface area contributed by atoms with Crippen LogP contribution in [-0.4, -0.2) is 12.1 Å². The van der Waals surface area contributed by atoms with Crippen molar-refractivity contribution in [1.29, 1.82) is 0 Å². The second kappa shape index (κ2) is 5.34. The third kappa shape index (κ3) is 3.37. The Kier molecular flexibility index (Phi) is 4.37. The topological polar surface area (TPSA) is 26.3 Å². The second-order valence-electron chi connectivity index (χ2n) is 4.66. The molecule has 15 heavy (non-hydrogen) atoms. The first-order chi connectivity index (χ1) is 7.04. The number of esters is 1. The molecule has 86 valence electrons. The van der Waals surface area contributed by atoms with E-state index in [2.05, 4.69) is 26.8 Å². The third-order valence-electron chi connectivity index (χ3n) is 3.52. The zero-order valence-electron chi connectivity index (χ0n) is 10.2. The summed E-state index contributed by atoms with van der Waals surface area (Å²) >= 11 is 0. The van der Waals surface area contributed by atoms with Gasteiger partial charge >= 0.3 is 5.97 Å². The van der Waals surface area contributed by atoms with Gasteiger partial charge in [0.05, 0.1) is 0 Å². The predicted octanol–water partition coefficient (Wildman–Crippen LogP) is 3.32. The van der Waals surface area contributed by atoms with Crippen molar-refractivity contribution in [2.24, 2.45) is 11.8 Å². The summed E-state index contributed by atoms with van der Waals surface area (Å²) < 4.78 is 5.32. The van der Waals surface area contributed by atoms with Crippen molar-refractivity contribution >= 4 is 5.97 Å². The van der Waals surface area contributed by atoms with E-state index in [1.54, 1.807) is 0 Å². The van der Waals surface area contributed by atoms with Gasteiger partial charge in [0.1, 0.15) is 6.10 Å². The second-order valence-corrected chi connectivity index (χ2v) is 4.66. The van der Waals surface area contributed by atoms with Gasteiger partial charge in [-0.1, -0.05) is 26.3 Å². The van der Waals surface area contributed by atoms with E-state index < -0.39 is 0 Å². The van der Waals surface area contributed by atoms with Crippen molar-refractivity contribution in [3.63, 3.8) is 0 Å². The molecule has 1 aliphatic carbocycles. The molecule has 0 aromatic heterocycles. The van der Waals surface area contributed by atoms with Crippen LogP contribution in [0.3, 0.4) is 0 Å². The average Bonchev–Trinajstić information content (AvgIpc) is 2.19. The molecule has 0 unspecified atom stereocenters. The van der Waals surface area contributed by atoms with Crippen LogP contribution in [0.5, 0.6) is 0 Å². The summed E-state index contributed by atoms with van der Waals surface area (Å²) in [6.45, 7) is 8.04. The summed E-state index contributed by atoms with van der Waals surface area (Å²) in [6, 6.07) is 0. The molecule has 0 fully saturated rings. The molecule has 0 bridgehead atoms. The molecular formula is C13H22O2. The number of allylic oxidation sites excluding steroid dienone is 1. The van der Waals surface area contributed by atoms with Gasteiger partial charge in [-0.3, -0.25) is 4.79 Å². The number of rotatable bonds is 3. The molecule has 0 radical (unpaired) electrons. The normalized spacial score (nSPS) is 28.1. The number of carbonyl (C=O) groups is 1. The summed E-state index contributed by atoms with van der Waals surface area (Å²) in [5.41, 5.74) is 1.21. The Labute approximate surface area is 92.7 Å². The van der Waals surface area contributed by atoms with Crippen LogP contribution in [-0.2, 0) is 9.53 Å². The smallest absolute Gasteiger partial charge is 0.303 e. The molecule has 2 heteroatoms. The molecule has 0 N–H and O–H groups in total. The first-order valence-corrected chi connectivity index (χ1v) is 5.88. The monoisotopic (exact) mass is 210 g/mol. The van der Waals surface area contributed by atoms with Crippen molar-refractivity contribution in [2.45, 2.75) is 53.1 Å². The van der Waals surface area contributed by atoms with Crippen LogP contribution < -0.4 is 0 Å². The minimum absolute atomic E-state index is 0.0234. The van der Waals surface area contributed by atoms with Crippen LogP contribution in [0.2, 0.25) is 0 Å². The minimum Gasteiger partial charge on any atom is -0.458 e. The van der Waals surface area contributed by atoms with Crippen LogP contribution in [0.15, 0.2) is 11.6 Å². The first kappa shape index (κ1) is 12.3. The number of ether oxygens (including phenoxy) is 1. The van der Waals surface area contributed by atoms with Gasteiger partial charge in [0.15, 0.2) is 0 Å². The van der Waals surface area contributed by atoms with Gasteiger partial charge in [0.25, 0.3) is 0 Å². The average molecular weight is 210 g/mol. The lowest BCUT2D eigenvalue weighted by molar-refractivity contribution is -0.145. The zero-order valence-corrected chi connectivity index (χ0v) is 10.2. The molecule has 0 aliphatic heterocycles. The third-order valence-corrected chi connectivity index (χ3v) is 3.52. The summed E-state index contributed by atoms with van der Waals surface area (Å²) in [5, 5.41) is 0. The molecular weight excluding hydrogens is 188 g/mol. The SMILES string of the molecule is CC[C@H](C)[C@@H]1CC=C(C)[C@@H](OC(C)=O)C1. The fourth-order valence-corrected chi connectivity index (χ4v) is 2.17. The lowest BCUT2D eigenvalue weighted by atomic mass is 9.79. The van der Waals surface area contributed by atoms with E-state index in [0.717, 1.165) is 12.8 Å². The Morgan fingerprint density at radius 2 is 2.33 bits per heavy atom. The maximum absolute atomic E-state index is 11.0. The molecule has 0 spiro atoms. The van der Waals surface area contributed by atoms with E-state index >= 15 is 0 Å². The van der Waals surface area contributed by atoms with Gasteiger partial charge in [-0.2, -0.15) is 0 Å². The zero-order chi connectivity index (χ0) is 11.4. The van der Waals surface area contributed by atoms with Gasteiger partial charge in [-0.25, -0.2) is 0 Å². The summed E-state index contributed by atoms with van der Waals surface area (Å²) in [5.74, 6) is 1.22. The van der Waals surface area contributed by atoms with Crippen LogP contribution in [0, 0.1) is 11.8 Å². The van der Waals surface area contributed by atoms with Crippen molar-refractivity contribution in [3.05, 3.63) is 11.6 Å². The molecule has 2 nitrogen and oxygen atoms in total. The molecule has 0 amide bonds. The Hall–Kier alpha value is -0.790. The molecule has 0 saturated carbocycles. The van der Waals surface area contributed by atoms with Gasteiger partial charge in [-0.05, 0) is 37.2 Å². The standard InChI is InChI=1S/C13H22O2/c1-5-9(2)12-7-6-10(3)13(8-12)15-11(4)14/h6,9,12-13H,5,7-8H2,1-4H3/t9-,12+,13-/m0/s1. The summed E-state index contributed by atoms with van der Waals surface area (Å²) in [7, 11) is 0. The van der Waals surface area contributed by atoms with E-state index in [-0.39, 0.29) is 12.1 Å². The first-order valence-electron chi connectivity index (χ1n) is 5.88. The van der Waals surface area contributed by atoms with Crippen molar-refractivity contribution in [3.8, 4) is 0 Å². The molecule has 0 saturated heterocycles. The number of hydrogen-bond donors (Lipinski definition) is 0. The fourth-order valence-electron chi connectivity index (χ4n) is 2.17. The highest BCUT2D eigenvalue weighted by Crippen LogP contribution is 2.32. The largest absolute Gasteiger partial charge is 0.458 e. The van der Waals surface area contributed by atoms with E-state index in [0.29, 0.717) is 11.8 Å². The van der Waals surface area contributed by atoms with E-state index in [9.17, 15) is 4.79 Å². The van der Waals surface area contributed by atoms with Crippen molar-refractivity contribution in [2.75, 3.05) is 0 Å². The number of carbonyl (C=O) groups excluding carboxylic acids is 1. The number of hydrogen-bond acceptors (Lipinski definition) is 2. The minimum atomic E-state index is -0.169. The van der Waals surface area contributed by atoms with Gasteiger partial charge in [-0.15, -0.1) is 0 Å².